The van der Waals surface area contributed by atoms with Crippen LogP contribution in [-0.4, -0.2) is 35.0 Å². The van der Waals surface area contributed by atoms with Crippen molar-refractivity contribution in [3.8, 4) is 0 Å². The van der Waals surface area contributed by atoms with Crippen molar-refractivity contribution in [3.63, 3.8) is 0 Å². The smallest absolute Gasteiger partial charge is 0.408 e. The van der Waals surface area contributed by atoms with Gasteiger partial charge in [-0.1, -0.05) is 22.0 Å². The lowest BCUT2D eigenvalue weighted by molar-refractivity contribution is -0.118. The van der Waals surface area contributed by atoms with Gasteiger partial charge >= 0.3 is 6.09 Å². The highest BCUT2D eigenvalue weighted by Crippen LogP contribution is 2.24. The molecule has 0 fully saturated rings. The van der Waals surface area contributed by atoms with Crippen LogP contribution in [0.3, 0.4) is 0 Å². The van der Waals surface area contributed by atoms with Gasteiger partial charge in [-0.15, -0.1) is 0 Å². The number of amides is 1. The lowest BCUT2D eigenvalue weighted by Crippen LogP contribution is -2.44. The van der Waals surface area contributed by atoms with Crippen molar-refractivity contribution >= 4 is 27.8 Å². The number of allylic oxidation sites excluding steroid dienone is 3. The molecule has 1 aliphatic carbocycles. The average Bonchev–Trinajstić information content (AvgIpc) is 2.39. The molecule has 0 aromatic carbocycles. The fourth-order valence-corrected chi connectivity index (χ4v) is 2.25. The van der Waals surface area contributed by atoms with Crippen LogP contribution in [0.15, 0.2) is 23.6 Å². The van der Waals surface area contributed by atoms with E-state index in [1.54, 1.807) is 20.8 Å². The highest BCUT2D eigenvalue weighted by Gasteiger charge is 2.26. The molecule has 0 aromatic heterocycles. The first-order chi connectivity index (χ1) is 10.1. The number of halogens is 3. The maximum atomic E-state index is 13.3. The molecule has 1 rings (SSSR count). The number of ketones is 1. The maximum Gasteiger partial charge on any atom is 0.408 e. The van der Waals surface area contributed by atoms with Crippen LogP contribution < -0.4 is 5.32 Å². The Morgan fingerprint density at radius 2 is 2.14 bits per heavy atom. The normalized spacial score (nSPS) is 19.8. The second kappa shape index (κ2) is 7.85. The summed E-state index contributed by atoms with van der Waals surface area (Å²) in [7, 11) is 0. The SMILES string of the molecule is CC(C)(C)OC(=O)N[C@@H](CC1=CCC(F)C(F)=C1)C(=O)CBr. The molecule has 2 atom stereocenters. The number of hydrogen-bond donors (Lipinski definition) is 1. The van der Waals surface area contributed by atoms with Crippen LogP contribution in [0, 0.1) is 0 Å². The Morgan fingerprint density at radius 3 is 2.64 bits per heavy atom. The van der Waals surface area contributed by atoms with Gasteiger partial charge in [0.25, 0.3) is 0 Å². The van der Waals surface area contributed by atoms with Crippen LogP contribution in [0.1, 0.15) is 33.6 Å². The number of nitrogens with one attached hydrogen (secondary N) is 1. The quantitative estimate of drug-likeness (QED) is 0.739. The summed E-state index contributed by atoms with van der Waals surface area (Å²) in [6.45, 7) is 5.12. The molecule has 0 saturated heterocycles. The van der Waals surface area contributed by atoms with Gasteiger partial charge in [-0.2, -0.15) is 0 Å². The molecule has 0 radical (unpaired) electrons. The third-order valence-corrected chi connectivity index (χ3v) is 3.41. The largest absolute Gasteiger partial charge is 0.444 e. The van der Waals surface area contributed by atoms with Crippen LogP contribution >= 0.6 is 15.9 Å². The Bertz CT molecular complexity index is 498. The lowest BCUT2D eigenvalue weighted by atomic mass is 9.97. The Hall–Kier alpha value is -1.24. The topological polar surface area (TPSA) is 55.4 Å². The van der Waals surface area contributed by atoms with Crippen LogP contribution in [0.5, 0.6) is 0 Å². The van der Waals surface area contributed by atoms with Crippen molar-refractivity contribution in [2.75, 3.05) is 5.33 Å². The van der Waals surface area contributed by atoms with Crippen LogP contribution in [0.25, 0.3) is 0 Å². The van der Waals surface area contributed by atoms with Gasteiger partial charge in [0.15, 0.2) is 12.0 Å². The van der Waals surface area contributed by atoms with E-state index in [2.05, 4.69) is 21.2 Å². The predicted octanol–water partition coefficient (Wildman–Crippen LogP) is 3.76. The molecule has 0 spiro atoms. The van der Waals surface area contributed by atoms with E-state index in [1.165, 1.54) is 6.08 Å². The van der Waals surface area contributed by atoms with Gasteiger partial charge in [-0.05, 0) is 38.8 Å². The van der Waals surface area contributed by atoms with Gasteiger partial charge in [0, 0.05) is 6.42 Å². The zero-order valence-electron chi connectivity index (χ0n) is 12.8. The number of ether oxygens (including phenoxy) is 1. The van der Waals surface area contributed by atoms with Crippen LogP contribution in [0.2, 0.25) is 0 Å². The maximum absolute atomic E-state index is 13.3. The number of carbonyl (C=O) groups is 2. The molecule has 1 N–H and O–H groups in total. The van der Waals surface area contributed by atoms with E-state index in [0.717, 1.165) is 6.08 Å². The number of carbonyl (C=O) groups excluding carboxylic acids is 2. The second-order valence-corrected chi connectivity index (χ2v) is 6.58. The van der Waals surface area contributed by atoms with Crippen molar-refractivity contribution in [2.45, 2.75) is 51.4 Å². The van der Waals surface area contributed by atoms with E-state index in [-0.39, 0.29) is 24.0 Å². The number of hydrogen-bond acceptors (Lipinski definition) is 3. The molecular weight excluding hydrogens is 360 g/mol. The molecule has 0 saturated carbocycles. The van der Waals surface area contributed by atoms with E-state index < -0.39 is 29.7 Å². The van der Waals surface area contributed by atoms with E-state index in [9.17, 15) is 18.4 Å². The molecule has 1 unspecified atom stereocenters. The molecule has 0 bridgehead atoms. The molecule has 22 heavy (non-hydrogen) atoms. The first-order valence-electron chi connectivity index (χ1n) is 6.90. The third-order valence-electron chi connectivity index (χ3n) is 2.86. The van der Waals surface area contributed by atoms with Crippen molar-refractivity contribution in [1.82, 2.24) is 5.32 Å². The molecular formula is C15H20BrF2NO3. The summed E-state index contributed by atoms with van der Waals surface area (Å²) in [5, 5.41) is 2.51. The monoisotopic (exact) mass is 379 g/mol. The van der Waals surface area contributed by atoms with Gasteiger partial charge in [-0.3, -0.25) is 4.79 Å². The third kappa shape index (κ3) is 6.25. The minimum absolute atomic E-state index is 0.0404. The van der Waals surface area contributed by atoms with Crippen molar-refractivity contribution in [3.05, 3.63) is 23.6 Å². The highest BCUT2D eigenvalue weighted by molar-refractivity contribution is 9.09. The summed E-state index contributed by atoms with van der Waals surface area (Å²) in [6.07, 6.45) is 0.255. The zero-order valence-corrected chi connectivity index (χ0v) is 14.4. The summed E-state index contributed by atoms with van der Waals surface area (Å²) in [5.41, 5.74) is -0.217. The Balaban J connectivity index is 2.74. The van der Waals surface area contributed by atoms with E-state index >= 15 is 0 Å². The molecule has 4 nitrogen and oxygen atoms in total. The van der Waals surface area contributed by atoms with Gasteiger partial charge in [0.1, 0.15) is 11.4 Å². The van der Waals surface area contributed by atoms with Crippen molar-refractivity contribution < 1.29 is 23.1 Å². The summed E-state index contributed by atoms with van der Waals surface area (Å²) in [5.74, 6) is -1.14. The van der Waals surface area contributed by atoms with Gasteiger partial charge < -0.3 is 10.1 Å². The van der Waals surface area contributed by atoms with Gasteiger partial charge in [0.05, 0.1) is 11.4 Å². The van der Waals surface area contributed by atoms with Gasteiger partial charge in [-0.25, -0.2) is 13.6 Å². The zero-order chi connectivity index (χ0) is 16.9. The molecule has 7 heteroatoms. The average molecular weight is 380 g/mol. The minimum atomic E-state index is -1.63. The first kappa shape index (κ1) is 18.8. The molecule has 0 aliphatic heterocycles. The van der Waals surface area contributed by atoms with Crippen LogP contribution in [0.4, 0.5) is 13.6 Å². The number of rotatable bonds is 5. The molecule has 0 heterocycles. The van der Waals surface area contributed by atoms with E-state index in [1.807, 2.05) is 0 Å². The Morgan fingerprint density at radius 1 is 1.50 bits per heavy atom. The van der Waals surface area contributed by atoms with E-state index in [0.29, 0.717) is 5.57 Å². The highest BCUT2D eigenvalue weighted by atomic mass is 79.9. The van der Waals surface area contributed by atoms with Crippen molar-refractivity contribution in [2.24, 2.45) is 0 Å². The number of Topliss-reactive ketones (excluding diaryl/α,β-unsaturated/α-hetero) is 1. The van der Waals surface area contributed by atoms with E-state index in [4.69, 9.17) is 4.74 Å². The first-order valence-corrected chi connectivity index (χ1v) is 8.03. The minimum Gasteiger partial charge on any atom is -0.444 e. The fraction of sp³-hybridized carbons (Fsp3) is 0.600. The number of alkyl carbamates (subject to hydrolysis) is 1. The molecule has 124 valence electrons. The lowest BCUT2D eigenvalue weighted by Gasteiger charge is -2.23. The predicted molar refractivity (Wildman–Crippen MR) is 83.4 cm³/mol. The summed E-state index contributed by atoms with van der Waals surface area (Å²) >= 11 is 3.04. The molecule has 0 aromatic rings. The van der Waals surface area contributed by atoms with Crippen molar-refractivity contribution in [1.29, 1.82) is 0 Å². The summed E-state index contributed by atoms with van der Waals surface area (Å²) in [4.78, 5) is 23.7. The summed E-state index contributed by atoms with van der Waals surface area (Å²) in [6, 6.07) is -0.860. The number of alkyl halides is 2. The van der Waals surface area contributed by atoms with Gasteiger partial charge in [0.2, 0.25) is 0 Å². The Kier molecular flexibility index (Phi) is 6.71. The molecule has 1 aliphatic rings. The fourth-order valence-electron chi connectivity index (χ4n) is 1.86. The summed E-state index contributed by atoms with van der Waals surface area (Å²) < 4.78 is 31.4. The molecule has 1 amide bonds. The second-order valence-electron chi connectivity index (χ2n) is 6.01. The van der Waals surface area contributed by atoms with Crippen LogP contribution in [-0.2, 0) is 9.53 Å². The standard InChI is InChI=1S/C15H20BrF2NO3/c1-15(2,3)22-14(21)19-12(13(20)8-16)7-9-4-5-10(17)11(18)6-9/h4,6,10,12H,5,7-8H2,1-3H3,(H,19,21)/t10?,12-/m0/s1. The Labute approximate surface area is 137 Å².